The largest absolute Gasteiger partial charge is 0.493 e. The van der Waals surface area contributed by atoms with Gasteiger partial charge in [0, 0.05) is 18.7 Å². The fourth-order valence-corrected chi connectivity index (χ4v) is 6.51. The number of halogens is 1. The number of anilines is 1. The molecule has 1 saturated carbocycles. The van der Waals surface area contributed by atoms with E-state index in [0.717, 1.165) is 35.6 Å². The zero-order valence-electron chi connectivity index (χ0n) is 24.9. The number of hydrogen-bond donors (Lipinski definition) is 1. The number of rotatable bonds is 12. The van der Waals surface area contributed by atoms with E-state index in [9.17, 15) is 22.4 Å². The number of carbonyl (C=O) groups excluding carboxylic acids is 2. The topological polar surface area (TPSA) is 105 Å². The van der Waals surface area contributed by atoms with E-state index in [1.165, 1.54) is 67.7 Å². The number of amides is 2. The highest BCUT2D eigenvalue weighted by Gasteiger charge is 2.33. The maximum atomic E-state index is 14.1. The molecule has 1 aliphatic rings. The molecule has 4 rings (SSSR count). The molecule has 2 amide bonds. The van der Waals surface area contributed by atoms with Gasteiger partial charge in [-0.1, -0.05) is 42.7 Å². The fraction of sp³-hybridized carbons (Fsp3) is 0.375. The third-order valence-corrected chi connectivity index (χ3v) is 9.47. The van der Waals surface area contributed by atoms with E-state index in [0.29, 0.717) is 11.3 Å². The van der Waals surface area contributed by atoms with Crippen LogP contribution in [0.3, 0.4) is 0 Å². The van der Waals surface area contributed by atoms with E-state index in [-0.39, 0.29) is 34.8 Å². The summed E-state index contributed by atoms with van der Waals surface area (Å²) >= 11 is 0. The van der Waals surface area contributed by atoms with Crippen molar-refractivity contribution in [1.29, 1.82) is 0 Å². The molecule has 0 radical (unpaired) electrons. The monoisotopic (exact) mass is 611 g/mol. The van der Waals surface area contributed by atoms with Gasteiger partial charge in [-0.25, -0.2) is 12.8 Å². The first kappa shape index (κ1) is 31.8. The van der Waals surface area contributed by atoms with Gasteiger partial charge in [0.25, 0.3) is 10.0 Å². The Morgan fingerprint density at radius 2 is 1.58 bits per heavy atom. The first-order chi connectivity index (χ1) is 20.5. The normalized spacial score (nSPS) is 14.2. The summed E-state index contributed by atoms with van der Waals surface area (Å²) in [6.45, 7) is 2.83. The molecule has 1 aliphatic carbocycles. The number of aryl methyl sites for hydroxylation is 1. The first-order valence-corrected chi connectivity index (χ1v) is 15.6. The summed E-state index contributed by atoms with van der Waals surface area (Å²) in [5.74, 6) is -0.702. The van der Waals surface area contributed by atoms with Crippen LogP contribution in [0.5, 0.6) is 11.5 Å². The molecule has 9 nitrogen and oxygen atoms in total. The zero-order valence-corrected chi connectivity index (χ0v) is 25.7. The molecule has 0 unspecified atom stereocenters. The number of carbonyl (C=O) groups is 2. The van der Waals surface area contributed by atoms with Crippen molar-refractivity contribution >= 4 is 27.5 Å². The van der Waals surface area contributed by atoms with Crippen molar-refractivity contribution in [3.8, 4) is 11.5 Å². The number of nitrogens with zero attached hydrogens (tertiary/aromatic N) is 2. The second-order valence-electron chi connectivity index (χ2n) is 10.7. The minimum absolute atomic E-state index is 0.00204. The van der Waals surface area contributed by atoms with Crippen LogP contribution in [-0.4, -0.2) is 58.0 Å². The molecule has 3 aromatic rings. The smallest absolute Gasteiger partial charge is 0.264 e. The lowest BCUT2D eigenvalue weighted by Gasteiger charge is -2.32. The van der Waals surface area contributed by atoms with Gasteiger partial charge in [-0.05, 0) is 68.7 Å². The average Bonchev–Trinajstić information content (AvgIpc) is 3.52. The van der Waals surface area contributed by atoms with Crippen molar-refractivity contribution in [2.75, 3.05) is 25.1 Å². The predicted octanol–water partition coefficient (Wildman–Crippen LogP) is 4.82. The van der Waals surface area contributed by atoms with Gasteiger partial charge in [-0.15, -0.1) is 0 Å². The standard InChI is InChI=1S/C32H38FN3O6S/c1-22-9-16-28(17-10-22)43(39,40)36(27-15-18-29(41-3)30(19-27)42-4)21-31(37)35(20-24-11-13-25(33)14-12-24)23(2)32(38)34-26-7-5-6-8-26/h9-19,23,26H,5-8,20-21H2,1-4H3,(H,34,38)/t23-/m1/s1. The molecule has 230 valence electrons. The molecule has 43 heavy (non-hydrogen) atoms. The summed E-state index contributed by atoms with van der Waals surface area (Å²) in [6.07, 6.45) is 3.78. The molecule has 11 heteroatoms. The Kier molecular flexibility index (Phi) is 10.3. The number of sulfonamides is 1. The summed E-state index contributed by atoms with van der Waals surface area (Å²) in [6, 6.07) is 15.6. The highest BCUT2D eigenvalue weighted by Crippen LogP contribution is 2.34. The summed E-state index contributed by atoms with van der Waals surface area (Å²) in [7, 11) is -1.35. The quantitative estimate of drug-likeness (QED) is 0.315. The summed E-state index contributed by atoms with van der Waals surface area (Å²) in [5.41, 5.74) is 1.64. The Morgan fingerprint density at radius 3 is 2.19 bits per heavy atom. The molecular formula is C32H38FN3O6S. The molecule has 1 atom stereocenters. The summed E-state index contributed by atoms with van der Waals surface area (Å²) in [5, 5.41) is 3.03. The van der Waals surface area contributed by atoms with Crippen LogP contribution in [0.1, 0.15) is 43.7 Å². The van der Waals surface area contributed by atoms with Crippen LogP contribution >= 0.6 is 0 Å². The zero-order chi connectivity index (χ0) is 31.1. The highest BCUT2D eigenvalue weighted by atomic mass is 32.2. The minimum atomic E-state index is -4.25. The Hall–Kier alpha value is -4.12. The molecule has 0 aromatic heterocycles. The van der Waals surface area contributed by atoms with Crippen molar-refractivity contribution in [2.45, 2.75) is 63.1 Å². The van der Waals surface area contributed by atoms with Gasteiger partial charge >= 0.3 is 0 Å². The molecule has 1 N–H and O–H groups in total. The first-order valence-electron chi connectivity index (χ1n) is 14.2. The highest BCUT2D eigenvalue weighted by molar-refractivity contribution is 7.92. The molecule has 0 spiro atoms. The van der Waals surface area contributed by atoms with E-state index in [1.807, 2.05) is 6.92 Å². The van der Waals surface area contributed by atoms with E-state index in [4.69, 9.17) is 9.47 Å². The lowest BCUT2D eigenvalue weighted by atomic mass is 10.1. The van der Waals surface area contributed by atoms with Crippen molar-refractivity contribution < 1.29 is 31.9 Å². The van der Waals surface area contributed by atoms with Crippen LogP contribution in [0.15, 0.2) is 71.6 Å². The van der Waals surface area contributed by atoms with E-state index >= 15 is 0 Å². The number of benzene rings is 3. The van der Waals surface area contributed by atoms with Crippen LogP contribution in [0.25, 0.3) is 0 Å². The molecule has 0 bridgehead atoms. The van der Waals surface area contributed by atoms with E-state index in [2.05, 4.69) is 5.32 Å². The van der Waals surface area contributed by atoms with Gasteiger partial charge in [0.2, 0.25) is 11.8 Å². The fourth-order valence-electron chi connectivity index (χ4n) is 5.11. The van der Waals surface area contributed by atoms with Crippen molar-refractivity contribution in [1.82, 2.24) is 10.2 Å². The van der Waals surface area contributed by atoms with Gasteiger partial charge in [0.1, 0.15) is 18.4 Å². The van der Waals surface area contributed by atoms with Gasteiger partial charge < -0.3 is 19.7 Å². The third-order valence-electron chi connectivity index (χ3n) is 7.68. The maximum absolute atomic E-state index is 14.1. The summed E-state index contributed by atoms with van der Waals surface area (Å²) < 4.78 is 53.5. The Labute approximate surface area is 252 Å². The average molecular weight is 612 g/mol. The second kappa shape index (κ2) is 13.9. The maximum Gasteiger partial charge on any atom is 0.264 e. The molecule has 3 aromatic carbocycles. The lowest BCUT2D eigenvalue weighted by molar-refractivity contribution is -0.139. The SMILES string of the molecule is COc1ccc(N(CC(=O)N(Cc2ccc(F)cc2)[C@H](C)C(=O)NC2CCCC2)S(=O)(=O)c2ccc(C)cc2)cc1OC. The van der Waals surface area contributed by atoms with Gasteiger partial charge in [-0.3, -0.25) is 13.9 Å². The number of methoxy groups -OCH3 is 2. The van der Waals surface area contributed by atoms with Gasteiger partial charge in [0.05, 0.1) is 24.8 Å². The van der Waals surface area contributed by atoms with E-state index < -0.39 is 34.3 Å². The number of nitrogens with one attached hydrogen (secondary N) is 1. The number of hydrogen-bond acceptors (Lipinski definition) is 6. The molecular weight excluding hydrogens is 573 g/mol. The molecule has 0 aliphatic heterocycles. The summed E-state index contributed by atoms with van der Waals surface area (Å²) in [4.78, 5) is 28.8. The van der Waals surface area contributed by atoms with Crippen LogP contribution < -0.4 is 19.1 Å². The molecule has 0 heterocycles. The van der Waals surface area contributed by atoms with Crippen LogP contribution in [0.2, 0.25) is 0 Å². The lowest BCUT2D eigenvalue weighted by Crippen LogP contribution is -2.52. The van der Waals surface area contributed by atoms with E-state index in [1.54, 1.807) is 25.1 Å². The third kappa shape index (κ3) is 7.64. The Balaban J connectivity index is 1.72. The van der Waals surface area contributed by atoms with Crippen LogP contribution in [0, 0.1) is 12.7 Å². The molecule has 0 saturated heterocycles. The Bertz CT molecular complexity index is 1520. The number of ether oxygens (including phenoxy) is 2. The second-order valence-corrected chi connectivity index (χ2v) is 12.5. The van der Waals surface area contributed by atoms with Gasteiger partial charge in [-0.2, -0.15) is 0 Å². The van der Waals surface area contributed by atoms with Crippen LogP contribution in [0.4, 0.5) is 10.1 Å². The van der Waals surface area contributed by atoms with Crippen molar-refractivity contribution in [3.63, 3.8) is 0 Å². The van der Waals surface area contributed by atoms with Crippen LogP contribution in [-0.2, 0) is 26.2 Å². The van der Waals surface area contributed by atoms with Crippen molar-refractivity contribution in [2.24, 2.45) is 0 Å². The predicted molar refractivity (Wildman–Crippen MR) is 162 cm³/mol. The Morgan fingerprint density at radius 1 is 0.953 bits per heavy atom. The minimum Gasteiger partial charge on any atom is -0.493 e. The van der Waals surface area contributed by atoms with Gasteiger partial charge in [0.15, 0.2) is 11.5 Å². The molecule has 1 fully saturated rings. The van der Waals surface area contributed by atoms with Crippen molar-refractivity contribution in [3.05, 3.63) is 83.7 Å².